The van der Waals surface area contributed by atoms with Crippen molar-refractivity contribution in [3.63, 3.8) is 0 Å². The first-order valence-corrected chi connectivity index (χ1v) is 6.32. The van der Waals surface area contributed by atoms with Gasteiger partial charge in [0.25, 0.3) is 0 Å². The number of ether oxygens (including phenoxy) is 1. The van der Waals surface area contributed by atoms with E-state index in [0.29, 0.717) is 5.16 Å². The van der Waals surface area contributed by atoms with E-state index in [1.807, 2.05) is 6.92 Å². The van der Waals surface area contributed by atoms with Gasteiger partial charge in [-0.25, -0.2) is 5.10 Å². The average Bonchev–Trinajstić information content (AvgIpc) is 2.75. The number of alkyl halides is 2. The third-order valence-corrected chi connectivity index (χ3v) is 3.36. The van der Waals surface area contributed by atoms with Crippen LogP contribution in [-0.4, -0.2) is 21.8 Å². The van der Waals surface area contributed by atoms with E-state index in [1.54, 1.807) is 12.1 Å². The summed E-state index contributed by atoms with van der Waals surface area (Å²) < 4.78 is 28.3. The van der Waals surface area contributed by atoms with Crippen LogP contribution in [-0.2, 0) is 0 Å². The maximum atomic E-state index is 12.0. The van der Waals surface area contributed by atoms with Crippen molar-refractivity contribution in [1.82, 2.24) is 15.2 Å². The molecule has 0 fully saturated rings. The molecule has 0 spiro atoms. The first-order chi connectivity index (χ1) is 9.04. The van der Waals surface area contributed by atoms with E-state index in [2.05, 4.69) is 19.9 Å². The third kappa shape index (κ3) is 3.82. The maximum absolute atomic E-state index is 12.0. The highest BCUT2D eigenvalue weighted by atomic mass is 32.2. The molecule has 3 N–H and O–H groups in total. The zero-order chi connectivity index (χ0) is 13.8. The van der Waals surface area contributed by atoms with E-state index >= 15 is 0 Å². The molecule has 1 aromatic heterocycles. The molecular weight excluding hydrogens is 274 g/mol. The van der Waals surface area contributed by atoms with E-state index in [0.717, 1.165) is 5.56 Å². The van der Waals surface area contributed by atoms with Gasteiger partial charge in [-0.3, -0.25) is 0 Å². The molecule has 0 aliphatic rings. The van der Waals surface area contributed by atoms with Crippen molar-refractivity contribution in [2.45, 2.75) is 23.9 Å². The molecule has 0 amide bonds. The van der Waals surface area contributed by atoms with Gasteiger partial charge in [0.2, 0.25) is 11.1 Å². The fourth-order valence-corrected chi connectivity index (χ4v) is 2.32. The van der Waals surface area contributed by atoms with Crippen molar-refractivity contribution in [3.05, 3.63) is 29.8 Å². The quantitative estimate of drug-likeness (QED) is 0.826. The number of nitrogens with zero attached hydrogens (tertiary/aromatic N) is 2. The highest BCUT2D eigenvalue weighted by molar-refractivity contribution is 7.99. The number of hydrogen-bond acceptors (Lipinski definition) is 5. The van der Waals surface area contributed by atoms with Gasteiger partial charge in [-0.15, -0.1) is 5.10 Å². The Morgan fingerprint density at radius 1 is 1.32 bits per heavy atom. The fourth-order valence-electron chi connectivity index (χ4n) is 1.46. The maximum Gasteiger partial charge on any atom is 0.387 e. The Hall–Kier alpha value is -1.83. The minimum absolute atomic E-state index is 0.0656. The highest BCUT2D eigenvalue weighted by Gasteiger charge is 2.11. The second-order valence-electron chi connectivity index (χ2n) is 3.71. The molecule has 0 saturated heterocycles. The summed E-state index contributed by atoms with van der Waals surface area (Å²) in [6.45, 7) is -0.853. The topological polar surface area (TPSA) is 76.8 Å². The SMILES string of the molecule is C[C@H](Sc1n[nH]c(N)n1)c1ccc(OC(F)F)cc1. The van der Waals surface area contributed by atoms with Gasteiger partial charge in [0.05, 0.1) is 0 Å². The molecule has 2 rings (SSSR count). The molecule has 1 heterocycles. The van der Waals surface area contributed by atoms with Gasteiger partial charge in [-0.05, 0) is 24.6 Å². The number of rotatable bonds is 5. The molecular formula is C11H12F2N4OS. The number of aromatic nitrogens is 3. The van der Waals surface area contributed by atoms with Crippen LogP contribution < -0.4 is 10.5 Å². The summed E-state index contributed by atoms with van der Waals surface area (Å²) >= 11 is 1.41. The summed E-state index contributed by atoms with van der Waals surface area (Å²) in [5, 5.41) is 7.07. The van der Waals surface area contributed by atoms with Crippen molar-refractivity contribution >= 4 is 17.7 Å². The van der Waals surface area contributed by atoms with Crippen LogP contribution in [0.3, 0.4) is 0 Å². The van der Waals surface area contributed by atoms with Gasteiger partial charge < -0.3 is 10.5 Å². The van der Waals surface area contributed by atoms with E-state index < -0.39 is 6.61 Å². The minimum atomic E-state index is -2.81. The lowest BCUT2D eigenvalue weighted by Gasteiger charge is -2.10. The number of H-pyrrole nitrogens is 1. The Balaban J connectivity index is 2.01. The summed E-state index contributed by atoms with van der Waals surface area (Å²) in [6.07, 6.45) is 0. The molecule has 19 heavy (non-hydrogen) atoms. The summed E-state index contributed by atoms with van der Waals surface area (Å²) in [5.41, 5.74) is 6.38. The lowest BCUT2D eigenvalue weighted by Crippen LogP contribution is -2.01. The van der Waals surface area contributed by atoms with Gasteiger partial charge in [0.15, 0.2) is 0 Å². The van der Waals surface area contributed by atoms with Gasteiger partial charge in [0.1, 0.15) is 5.75 Å². The van der Waals surface area contributed by atoms with Crippen LogP contribution in [0.25, 0.3) is 0 Å². The number of aromatic amines is 1. The molecule has 0 saturated carbocycles. The average molecular weight is 286 g/mol. The molecule has 1 aromatic carbocycles. The predicted molar refractivity (Wildman–Crippen MR) is 68.1 cm³/mol. The Labute approximate surface area is 112 Å². The van der Waals surface area contributed by atoms with Gasteiger partial charge in [0, 0.05) is 5.25 Å². The number of anilines is 1. The van der Waals surface area contributed by atoms with E-state index in [9.17, 15) is 8.78 Å². The molecule has 0 aliphatic carbocycles. The number of nitrogens with one attached hydrogen (secondary N) is 1. The van der Waals surface area contributed by atoms with Crippen LogP contribution in [0.15, 0.2) is 29.4 Å². The highest BCUT2D eigenvalue weighted by Crippen LogP contribution is 2.33. The number of hydrogen-bond donors (Lipinski definition) is 2. The monoisotopic (exact) mass is 286 g/mol. The van der Waals surface area contributed by atoms with Crippen molar-refractivity contribution < 1.29 is 13.5 Å². The van der Waals surface area contributed by atoms with Gasteiger partial charge in [-0.2, -0.15) is 13.8 Å². The van der Waals surface area contributed by atoms with E-state index in [1.165, 1.54) is 23.9 Å². The Morgan fingerprint density at radius 2 is 2.00 bits per heavy atom. The zero-order valence-electron chi connectivity index (χ0n) is 10.0. The second kappa shape index (κ2) is 5.87. The summed E-state index contributed by atoms with van der Waals surface area (Å²) in [6, 6.07) is 6.46. The number of benzene rings is 1. The van der Waals surface area contributed by atoms with Crippen molar-refractivity contribution in [2.24, 2.45) is 0 Å². The van der Waals surface area contributed by atoms with Crippen LogP contribution in [0, 0.1) is 0 Å². The van der Waals surface area contributed by atoms with Crippen LogP contribution in [0.4, 0.5) is 14.7 Å². The Morgan fingerprint density at radius 3 is 2.53 bits per heavy atom. The largest absolute Gasteiger partial charge is 0.435 e. The Kier molecular flexibility index (Phi) is 4.20. The molecule has 5 nitrogen and oxygen atoms in total. The number of nitrogens with two attached hydrogens (primary N) is 1. The fraction of sp³-hybridized carbons (Fsp3) is 0.273. The van der Waals surface area contributed by atoms with E-state index in [4.69, 9.17) is 5.73 Å². The third-order valence-electron chi connectivity index (χ3n) is 2.34. The summed E-state index contributed by atoms with van der Waals surface area (Å²) in [7, 11) is 0. The minimum Gasteiger partial charge on any atom is -0.435 e. The lowest BCUT2D eigenvalue weighted by molar-refractivity contribution is -0.0498. The normalized spacial score (nSPS) is 12.6. The smallest absolute Gasteiger partial charge is 0.387 e. The molecule has 102 valence electrons. The van der Waals surface area contributed by atoms with Gasteiger partial charge >= 0.3 is 6.61 Å². The molecule has 0 aliphatic heterocycles. The first kappa shape index (κ1) is 13.6. The van der Waals surface area contributed by atoms with Crippen LogP contribution in [0.5, 0.6) is 5.75 Å². The van der Waals surface area contributed by atoms with Crippen molar-refractivity contribution in [2.75, 3.05) is 5.73 Å². The number of nitrogen functional groups attached to an aromatic ring is 1. The first-order valence-electron chi connectivity index (χ1n) is 5.44. The molecule has 1 atom stereocenters. The zero-order valence-corrected chi connectivity index (χ0v) is 10.8. The predicted octanol–water partition coefficient (Wildman–Crippen LogP) is 2.84. The standard InChI is InChI=1S/C11H12F2N4OS/c1-6(19-11-15-10(14)16-17-11)7-2-4-8(5-3-7)18-9(12)13/h2-6,9H,1H3,(H3,14,15,16,17)/t6-/m0/s1. The molecule has 0 radical (unpaired) electrons. The second-order valence-corrected chi connectivity index (χ2v) is 5.02. The van der Waals surface area contributed by atoms with Crippen LogP contribution in [0.1, 0.15) is 17.7 Å². The van der Waals surface area contributed by atoms with Gasteiger partial charge in [-0.1, -0.05) is 23.9 Å². The van der Waals surface area contributed by atoms with Crippen molar-refractivity contribution in [1.29, 1.82) is 0 Å². The van der Waals surface area contributed by atoms with Crippen molar-refractivity contribution in [3.8, 4) is 5.75 Å². The summed E-state index contributed by atoms with van der Waals surface area (Å²) in [5.74, 6) is 0.397. The molecule has 8 heteroatoms. The number of thioether (sulfide) groups is 1. The van der Waals surface area contributed by atoms with E-state index in [-0.39, 0.29) is 16.9 Å². The van der Waals surface area contributed by atoms with Crippen LogP contribution in [0.2, 0.25) is 0 Å². The van der Waals surface area contributed by atoms with Crippen LogP contribution >= 0.6 is 11.8 Å². The lowest BCUT2D eigenvalue weighted by atomic mass is 10.2. The molecule has 2 aromatic rings. The summed E-state index contributed by atoms with van der Waals surface area (Å²) in [4.78, 5) is 3.98. The molecule has 0 unspecified atom stereocenters. The molecule has 0 bridgehead atoms. The number of halogens is 2. The Bertz CT molecular complexity index is 532.